The number of phenols is 1. The molecule has 11 nitrogen and oxygen atoms in total. The first-order valence-electron chi connectivity index (χ1n) is 15.0. The van der Waals surface area contributed by atoms with Gasteiger partial charge in [-0.2, -0.15) is 15.5 Å². The van der Waals surface area contributed by atoms with Crippen LogP contribution in [0.2, 0.25) is 0 Å². The Labute approximate surface area is 280 Å². The first kappa shape index (κ1) is 32.1. The van der Waals surface area contributed by atoms with E-state index in [0.717, 1.165) is 15.6 Å². The third-order valence-electron chi connectivity index (χ3n) is 8.07. The summed E-state index contributed by atoms with van der Waals surface area (Å²) in [6.45, 7) is 0.416. The van der Waals surface area contributed by atoms with Gasteiger partial charge in [-0.25, -0.2) is 9.48 Å². The predicted molar refractivity (Wildman–Crippen MR) is 182 cm³/mol. The Balaban J connectivity index is 1.55. The maximum atomic E-state index is 13.7. The average Bonchev–Trinajstić information content (AvgIpc) is 3.49. The van der Waals surface area contributed by atoms with Gasteiger partial charge in [0.05, 0.1) is 50.2 Å². The van der Waals surface area contributed by atoms with E-state index in [9.17, 15) is 20.0 Å². The molecule has 0 radical (unpaired) electrons. The number of phenolic OH excluding ortho intramolecular Hbond substituents is 1. The third-order valence-corrected chi connectivity index (χ3v) is 8.34. The lowest BCUT2D eigenvalue weighted by Gasteiger charge is -2.16. The minimum absolute atomic E-state index is 0.0326. The summed E-state index contributed by atoms with van der Waals surface area (Å²) in [7, 11) is 4.51. The third kappa shape index (κ3) is 5.78. The van der Waals surface area contributed by atoms with Gasteiger partial charge < -0.3 is 19.3 Å². The lowest BCUT2D eigenvalue weighted by Crippen LogP contribution is -2.27. The van der Waals surface area contributed by atoms with E-state index < -0.39 is 11.5 Å². The number of aromatic hydroxyl groups is 1. The lowest BCUT2D eigenvalue weighted by molar-refractivity contribution is 0.0593. The van der Waals surface area contributed by atoms with Gasteiger partial charge in [-0.1, -0.05) is 36.4 Å². The number of aryl methyl sites for hydroxylation is 1. The topological polar surface area (TPSA) is 141 Å². The molecule has 1 N–H and O–H groups in total. The lowest BCUT2D eigenvalue weighted by atomic mass is 9.92. The van der Waals surface area contributed by atoms with Crippen molar-refractivity contribution in [1.29, 1.82) is 5.26 Å². The van der Waals surface area contributed by atoms with Crippen molar-refractivity contribution in [3.8, 4) is 45.7 Å². The van der Waals surface area contributed by atoms with Crippen LogP contribution in [0, 0.1) is 11.3 Å². The van der Waals surface area contributed by atoms with Crippen molar-refractivity contribution in [1.82, 2.24) is 19.6 Å². The van der Waals surface area contributed by atoms with Gasteiger partial charge in [0.25, 0.3) is 5.56 Å². The fourth-order valence-corrected chi connectivity index (χ4v) is 5.88. The molecule has 242 valence electrons. The normalized spacial score (nSPS) is 11.1. The van der Waals surface area contributed by atoms with Crippen molar-refractivity contribution < 1.29 is 24.1 Å². The molecule has 0 aliphatic heterocycles. The highest BCUT2D eigenvalue weighted by atomic mass is 35.5. The summed E-state index contributed by atoms with van der Waals surface area (Å²) in [5.74, 6) is 0.517. The van der Waals surface area contributed by atoms with Gasteiger partial charge in [0.2, 0.25) is 0 Å². The fraction of sp³-hybridized carbons (Fsp3) is 0.194. The fourth-order valence-electron chi connectivity index (χ4n) is 5.77. The van der Waals surface area contributed by atoms with Crippen molar-refractivity contribution >= 4 is 39.1 Å². The number of alkyl halides is 1. The van der Waals surface area contributed by atoms with Crippen LogP contribution in [0.3, 0.4) is 0 Å². The van der Waals surface area contributed by atoms with E-state index in [0.29, 0.717) is 63.7 Å². The molecule has 48 heavy (non-hydrogen) atoms. The summed E-state index contributed by atoms with van der Waals surface area (Å²) < 4.78 is 19.1. The summed E-state index contributed by atoms with van der Waals surface area (Å²) in [5, 5.41) is 32.1. The van der Waals surface area contributed by atoms with Gasteiger partial charge in [0.1, 0.15) is 23.3 Å². The molecule has 6 aromatic rings. The van der Waals surface area contributed by atoms with Crippen LogP contribution in [0.25, 0.3) is 43.9 Å². The predicted octanol–water partition coefficient (Wildman–Crippen LogP) is 6.05. The van der Waals surface area contributed by atoms with Crippen LogP contribution in [0.4, 0.5) is 0 Å². The standard InChI is InChI=1S/C36H30ClN5O6/c1-41-34(26-17-31(48-14-6-13-37)25-8-5-4-7-24(25)28(26)18-38)29(19-39-41)22-15-27-32(30(43)16-22)35(44)42(40-33(27)36(45)47-3)20-21-9-11-23(46-2)12-10-21/h4-5,7-12,15-17,19,43H,6,13-14,20H2,1-3H3. The molecule has 0 aliphatic carbocycles. The first-order chi connectivity index (χ1) is 23.3. The average molecular weight is 664 g/mol. The molecule has 2 heterocycles. The number of nitrogens with zero attached hydrogens (tertiary/aromatic N) is 5. The Kier molecular flexibility index (Phi) is 9.01. The molecule has 0 bridgehead atoms. The maximum Gasteiger partial charge on any atom is 0.359 e. The van der Waals surface area contributed by atoms with E-state index in [1.54, 1.807) is 61.4 Å². The van der Waals surface area contributed by atoms with Gasteiger partial charge in [-0.05, 0) is 47.9 Å². The van der Waals surface area contributed by atoms with Crippen LogP contribution in [0.5, 0.6) is 17.2 Å². The minimum Gasteiger partial charge on any atom is -0.507 e. The van der Waals surface area contributed by atoms with Crippen molar-refractivity contribution in [2.45, 2.75) is 13.0 Å². The van der Waals surface area contributed by atoms with Crippen molar-refractivity contribution in [3.63, 3.8) is 0 Å². The monoisotopic (exact) mass is 663 g/mol. The molecule has 0 aliphatic rings. The van der Waals surface area contributed by atoms with Gasteiger partial charge in [-0.15, -0.1) is 11.6 Å². The van der Waals surface area contributed by atoms with E-state index in [-0.39, 0.29) is 28.8 Å². The molecular weight excluding hydrogens is 634 g/mol. The number of rotatable bonds is 10. The second-order valence-electron chi connectivity index (χ2n) is 10.9. The molecule has 6 rings (SSSR count). The number of nitriles is 1. The molecule has 2 aromatic heterocycles. The second-order valence-corrected chi connectivity index (χ2v) is 11.3. The number of carbonyl (C=O) groups excluding carboxylic acids is 1. The first-order valence-corrected chi connectivity index (χ1v) is 15.5. The molecule has 0 saturated heterocycles. The minimum atomic E-state index is -0.786. The Morgan fingerprint density at radius 1 is 1.02 bits per heavy atom. The van der Waals surface area contributed by atoms with Crippen molar-refractivity contribution in [2.24, 2.45) is 7.05 Å². The number of carbonyl (C=O) groups is 1. The number of halogens is 1. The summed E-state index contributed by atoms with van der Waals surface area (Å²) in [6.07, 6.45) is 2.23. The van der Waals surface area contributed by atoms with Crippen molar-refractivity contribution in [2.75, 3.05) is 26.7 Å². The molecule has 0 amide bonds. The highest BCUT2D eigenvalue weighted by molar-refractivity contribution is 6.17. The molecule has 0 fully saturated rings. The SMILES string of the molecule is COC(=O)c1nn(Cc2ccc(OC)cc2)c(=O)c2c(O)cc(-c3cnn(C)c3-c3cc(OCCCCl)c4ccccc4c3C#N)cc12. The molecule has 0 unspecified atom stereocenters. The maximum absolute atomic E-state index is 13.7. The zero-order valence-electron chi connectivity index (χ0n) is 26.4. The largest absolute Gasteiger partial charge is 0.507 e. The van der Waals surface area contributed by atoms with Gasteiger partial charge in [0, 0.05) is 40.2 Å². The number of hydrogen-bond acceptors (Lipinski definition) is 9. The number of ether oxygens (including phenoxy) is 3. The highest BCUT2D eigenvalue weighted by Crippen LogP contribution is 2.42. The van der Waals surface area contributed by atoms with E-state index in [2.05, 4.69) is 16.3 Å². The smallest absolute Gasteiger partial charge is 0.359 e. The second kappa shape index (κ2) is 13.5. The Morgan fingerprint density at radius 3 is 2.46 bits per heavy atom. The number of esters is 1. The molecule has 0 atom stereocenters. The van der Waals surface area contributed by atoms with Gasteiger partial charge in [0.15, 0.2) is 5.69 Å². The molecular formula is C36H30ClN5O6. The number of methoxy groups -OCH3 is 2. The van der Waals surface area contributed by atoms with E-state index in [1.165, 1.54) is 13.2 Å². The molecule has 4 aromatic carbocycles. The Bertz CT molecular complexity index is 2290. The van der Waals surface area contributed by atoms with Crippen LogP contribution < -0.4 is 15.0 Å². The Hall–Kier alpha value is -5.86. The zero-order valence-corrected chi connectivity index (χ0v) is 27.1. The molecule has 0 spiro atoms. The van der Waals surface area contributed by atoms with Gasteiger partial charge >= 0.3 is 5.97 Å². The highest BCUT2D eigenvalue weighted by Gasteiger charge is 2.25. The van der Waals surface area contributed by atoms with E-state index in [1.807, 2.05) is 24.3 Å². The molecule has 0 saturated carbocycles. The molecule has 12 heteroatoms. The van der Waals surface area contributed by atoms with Crippen LogP contribution in [-0.4, -0.2) is 57.3 Å². The number of hydrogen-bond donors (Lipinski definition) is 1. The summed E-state index contributed by atoms with van der Waals surface area (Å²) in [6, 6.07) is 21.7. The summed E-state index contributed by atoms with van der Waals surface area (Å²) >= 11 is 5.90. The number of aromatic nitrogens is 4. The summed E-state index contributed by atoms with van der Waals surface area (Å²) in [5.41, 5.74) is 2.46. The number of benzene rings is 4. The summed E-state index contributed by atoms with van der Waals surface area (Å²) in [4.78, 5) is 26.8. The van der Waals surface area contributed by atoms with E-state index >= 15 is 0 Å². The van der Waals surface area contributed by atoms with Gasteiger partial charge in [-0.3, -0.25) is 9.48 Å². The van der Waals surface area contributed by atoms with E-state index in [4.69, 9.17) is 25.8 Å². The zero-order chi connectivity index (χ0) is 33.9. The van der Waals surface area contributed by atoms with Crippen molar-refractivity contribution in [3.05, 3.63) is 100 Å². The van der Waals surface area contributed by atoms with Crippen LogP contribution >= 0.6 is 11.6 Å². The van der Waals surface area contributed by atoms with Crippen LogP contribution in [-0.2, 0) is 18.3 Å². The Morgan fingerprint density at radius 2 is 1.77 bits per heavy atom. The number of fused-ring (bicyclic) bond motifs is 2. The van der Waals surface area contributed by atoms with Crippen LogP contribution in [0.1, 0.15) is 28.0 Å². The quantitative estimate of drug-likeness (QED) is 0.105. The van der Waals surface area contributed by atoms with Crippen LogP contribution in [0.15, 0.2) is 77.7 Å².